The van der Waals surface area contributed by atoms with Crippen molar-refractivity contribution in [2.45, 2.75) is 0 Å². The van der Waals surface area contributed by atoms with Crippen LogP contribution in [0.2, 0.25) is 15.1 Å². The van der Waals surface area contributed by atoms with Crippen LogP contribution in [-0.2, 0) is 4.74 Å². The minimum atomic E-state index is -0.658. The van der Waals surface area contributed by atoms with Crippen LogP contribution >= 0.6 is 34.8 Å². The number of esters is 1. The minimum Gasteiger partial charge on any atom is -0.454 e. The molecule has 0 saturated heterocycles. The quantitative estimate of drug-likeness (QED) is 0.597. The standard InChI is InChI=1S/C15H9Cl3O3/c16-11-4-2-1-3-10(11)15(20)21-8-14(19)9-5-6-12(17)13(18)7-9/h1-7H,8H2. The fourth-order valence-electron chi connectivity index (χ4n) is 1.59. The van der Waals surface area contributed by atoms with Crippen LogP contribution in [0.4, 0.5) is 0 Å². The number of Topliss-reactive ketones (excluding diaryl/α,β-unsaturated/α-hetero) is 1. The number of benzene rings is 2. The second kappa shape index (κ2) is 6.94. The van der Waals surface area contributed by atoms with Gasteiger partial charge in [-0.1, -0.05) is 46.9 Å². The van der Waals surface area contributed by atoms with Gasteiger partial charge in [0.1, 0.15) is 0 Å². The lowest BCUT2D eigenvalue weighted by Gasteiger charge is -2.06. The molecule has 3 nitrogen and oxygen atoms in total. The molecule has 0 heterocycles. The summed E-state index contributed by atoms with van der Waals surface area (Å²) >= 11 is 17.5. The fraction of sp³-hybridized carbons (Fsp3) is 0.0667. The van der Waals surface area contributed by atoms with E-state index in [0.29, 0.717) is 10.6 Å². The van der Waals surface area contributed by atoms with Gasteiger partial charge in [0.25, 0.3) is 0 Å². The molecule has 0 N–H and O–H groups in total. The molecule has 21 heavy (non-hydrogen) atoms. The summed E-state index contributed by atoms with van der Waals surface area (Å²) in [5.41, 5.74) is 0.525. The van der Waals surface area contributed by atoms with Gasteiger partial charge in [-0.25, -0.2) is 4.79 Å². The molecule has 0 unspecified atom stereocenters. The third kappa shape index (κ3) is 3.97. The molecular formula is C15H9Cl3O3. The summed E-state index contributed by atoms with van der Waals surface area (Å²) in [6.45, 7) is -0.401. The van der Waals surface area contributed by atoms with Crippen molar-refractivity contribution in [1.29, 1.82) is 0 Å². The van der Waals surface area contributed by atoms with Gasteiger partial charge in [0, 0.05) is 5.56 Å². The van der Waals surface area contributed by atoms with Crippen LogP contribution in [0.1, 0.15) is 20.7 Å². The molecule has 0 aromatic heterocycles. The number of halogens is 3. The fourth-order valence-corrected chi connectivity index (χ4v) is 2.10. The average Bonchev–Trinajstić information content (AvgIpc) is 2.47. The molecule has 0 fully saturated rings. The van der Waals surface area contributed by atoms with Crippen molar-refractivity contribution in [2.24, 2.45) is 0 Å². The molecule has 0 amide bonds. The highest BCUT2D eigenvalue weighted by Crippen LogP contribution is 2.23. The summed E-state index contributed by atoms with van der Waals surface area (Å²) in [6, 6.07) is 10.9. The van der Waals surface area contributed by atoms with Gasteiger partial charge in [0.05, 0.1) is 20.6 Å². The van der Waals surface area contributed by atoms with E-state index in [2.05, 4.69) is 0 Å². The number of ketones is 1. The maximum Gasteiger partial charge on any atom is 0.340 e. The van der Waals surface area contributed by atoms with Crippen LogP contribution in [0.25, 0.3) is 0 Å². The zero-order valence-electron chi connectivity index (χ0n) is 10.6. The van der Waals surface area contributed by atoms with Crippen LogP contribution in [0, 0.1) is 0 Å². The summed E-state index contributed by atoms with van der Waals surface area (Å²) in [5.74, 6) is -1.04. The van der Waals surface area contributed by atoms with E-state index in [0.717, 1.165) is 0 Å². The molecule has 0 aliphatic carbocycles. The van der Waals surface area contributed by atoms with E-state index in [9.17, 15) is 9.59 Å². The Balaban J connectivity index is 2.02. The van der Waals surface area contributed by atoms with Gasteiger partial charge in [-0.05, 0) is 30.3 Å². The Bertz CT molecular complexity index is 698. The second-order valence-corrected chi connectivity index (χ2v) is 5.33. The Kier molecular flexibility index (Phi) is 5.23. The van der Waals surface area contributed by atoms with Gasteiger partial charge in [0.2, 0.25) is 0 Å². The molecular weight excluding hydrogens is 335 g/mol. The normalized spacial score (nSPS) is 10.2. The van der Waals surface area contributed by atoms with Crippen LogP contribution in [0.15, 0.2) is 42.5 Å². The zero-order valence-corrected chi connectivity index (χ0v) is 12.9. The van der Waals surface area contributed by atoms with Crippen molar-refractivity contribution in [3.8, 4) is 0 Å². The van der Waals surface area contributed by atoms with Crippen molar-refractivity contribution in [1.82, 2.24) is 0 Å². The Morgan fingerprint density at radius 2 is 1.62 bits per heavy atom. The number of rotatable bonds is 4. The molecule has 0 atom stereocenters. The average molecular weight is 344 g/mol. The third-order valence-electron chi connectivity index (χ3n) is 2.67. The van der Waals surface area contributed by atoms with Crippen molar-refractivity contribution >= 4 is 46.6 Å². The van der Waals surface area contributed by atoms with Gasteiger partial charge in [-0.15, -0.1) is 0 Å². The molecule has 6 heteroatoms. The summed E-state index contributed by atoms with van der Waals surface area (Å²) in [6.07, 6.45) is 0. The number of carbonyl (C=O) groups is 2. The van der Waals surface area contributed by atoms with E-state index >= 15 is 0 Å². The number of hydrogen-bond donors (Lipinski definition) is 0. The summed E-state index contributed by atoms with van der Waals surface area (Å²) < 4.78 is 4.95. The first-order valence-corrected chi connectivity index (χ1v) is 7.02. The molecule has 0 aliphatic heterocycles. The molecule has 2 rings (SSSR count). The second-order valence-electron chi connectivity index (χ2n) is 4.11. The molecule has 0 bridgehead atoms. The number of carbonyl (C=O) groups excluding carboxylic acids is 2. The SMILES string of the molecule is O=C(COC(=O)c1ccccc1Cl)c1ccc(Cl)c(Cl)c1. The molecule has 108 valence electrons. The summed E-state index contributed by atoms with van der Waals surface area (Å²) in [4.78, 5) is 23.7. The van der Waals surface area contributed by atoms with E-state index in [4.69, 9.17) is 39.5 Å². The Hall–Kier alpha value is -1.55. The van der Waals surface area contributed by atoms with Crippen LogP contribution in [0.5, 0.6) is 0 Å². The van der Waals surface area contributed by atoms with Crippen molar-refractivity contribution in [3.05, 3.63) is 68.7 Å². The van der Waals surface area contributed by atoms with E-state index in [-0.39, 0.29) is 21.4 Å². The Morgan fingerprint density at radius 3 is 2.29 bits per heavy atom. The molecule has 2 aromatic rings. The van der Waals surface area contributed by atoms with E-state index in [1.807, 2.05) is 0 Å². The van der Waals surface area contributed by atoms with Gasteiger partial charge < -0.3 is 4.74 Å². The Morgan fingerprint density at radius 1 is 0.905 bits per heavy atom. The van der Waals surface area contributed by atoms with E-state index in [1.165, 1.54) is 24.3 Å². The van der Waals surface area contributed by atoms with Gasteiger partial charge in [-0.3, -0.25) is 4.79 Å². The molecule has 0 saturated carbocycles. The predicted molar refractivity (Wildman–Crippen MR) is 82.5 cm³/mol. The van der Waals surface area contributed by atoms with Crippen LogP contribution in [-0.4, -0.2) is 18.4 Å². The number of ether oxygens (including phenoxy) is 1. The van der Waals surface area contributed by atoms with E-state index < -0.39 is 12.6 Å². The molecule has 0 aliphatic rings. The monoisotopic (exact) mass is 342 g/mol. The minimum absolute atomic E-state index is 0.209. The summed E-state index contributed by atoms with van der Waals surface area (Å²) in [5, 5.41) is 0.880. The highest BCUT2D eigenvalue weighted by atomic mass is 35.5. The maximum absolute atomic E-state index is 11.9. The molecule has 0 spiro atoms. The maximum atomic E-state index is 11.9. The van der Waals surface area contributed by atoms with Crippen LogP contribution in [0.3, 0.4) is 0 Å². The van der Waals surface area contributed by atoms with Crippen molar-refractivity contribution in [2.75, 3.05) is 6.61 Å². The first-order chi connectivity index (χ1) is 9.99. The molecule has 0 radical (unpaired) electrons. The van der Waals surface area contributed by atoms with Gasteiger partial charge in [-0.2, -0.15) is 0 Å². The third-order valence-corrected chi connectivity index (χ3v) is 3.74. The zero-order chi connectivity index (χ0) is 15.4. The first-order valence-electron chi connectivity index (χ1n) is 5.89. The summed E-state index contributed by atoms with van der Waals surface area (Å²) in [7, 11) is 0. The molecule has 2 aromatic carbocycles. The lowest BCUT2D eigenvalue weighted by Crippen LogP contribution is -2.14. The van der Waals surface area contributed by atoms with Gasteiger partial charge in [0.15, 0.2) is 12.4 Å². The predicted octanol–water partition coefficient (Wildman–Crippen LogP) is 4.69. The highest BCUT2D eigenvalue weighted by Gasteiger charge is 2.14. The van der Waals surface area contributed by atoms with Crippen molar-refractivity contribution in [3.63, 3.8) is 0 Å². The topological polar surface area (TPSA) is 43.4 Å². The lowest BCUT2D eigenvalue weighted by atomic mass is 10.1. The highest BCUT2D eigenvalue weighted by molar-refractivity contribution is 6.42. The number of hydrogen-bond acceptors (Lipinski definition) is 3. The van der Waals surface area contributed by atoms with E-state index in [1.54, 1.807) is 18.2 Å². The van der Waals surface area contributed by atoms with Crippen LogP contribution < -0.4 is 0 Å². The Labute approximate surface area is 136 Å². The van der Waals surface area contributed by atoms with Gasteiger partial charge >= 0.3 is 5.97 Å². The largest absolute Gasteiger partial charge is 0.454 e. The first kappa shape index (κ1) is 15.8. The lowest BCUT2D eigenvalue weighted by molar-refractivity contribution is 0.0475. The smallest absolute Gasteiger partial charge is 0.340 e. The van der Waals surface area contributed by atoms with Crippen molar-refractivity contribution < 1.29 is 14.3 Å².